The first-order chi connectivity index (χ1) is 10.3. The minimum absolute atomic E-state index is 0.0330. The first-order valence-corrected chi connectivity index (χ1v) is 7.57. The first-order valence-electron chi connectivity index (χ1n) is 7.57. The summed E-state index contributed by atoms with van der Waals surface area (Å²) in [6.45, 7) is 5.88. The van der Waals surface area contributed by atoms with Gasteiger partial charge in [0.25, 0.3) is 5.91 Å². The van der Waals surface area contributed by atoms with E-state index in [2.05, 4.69) is 12.2 Å². The van der Waals surface area contributed by atoms with Crippen LogP contribution in [0.1, 0.15) is 30.1 Å². The van der Waals surface area contributed by atoms with Gasteiger partial charge in [0.05, 0.1) is 19.3 Å². The van der Waals surface area contributed by atoms with Crippen LogP contribution >= 0.6 is 0 Å². The van der Waals surface area contributed by atoms with Crippen LogP contribution in [0.25, 0.3) is 0 Å². The fourth-order valence-corrected chi connectivity index (χ4v) is 2.29. The summed E-state index contributed by atoms with van der Waals surface area (Å²) in [5, 5.41) is 3.25. The molecule has 1 N–H and O–H groups in total. The number of carbonyl (C=O) groups excluding carboxylic acids is 1. The van der Waals surface area contributed by atoms with Crippen LogP contribution in [0.2, 0.25) is 0 Å². The molecule has 1 aliphatic heterocycles. The zero-order valence-corrected chi connectivity index (χ0v) is 12.9. The molecule has 0 atom stereocenters. The van der Waals surface area contributed by atoms with E-state index in [1.54, 1.807) is 19.2 Å². The zero-order chi connectivity index (χ0) is 15.1. The molecule has 1 aliphatic rings. The van der Waals surface area contributed by atoms with Crippen molar-refractivity contribution in [3.05, 3.63) is 23.8 Å². The van der Waals surface area contributed by atoms with Crippen molar-refractivity contribution >= 4 is 5.91 Å². The highest BCUT2D eigenvalue weighted by molar-refractivity contribution is 5.97. The summed E-state index contributed by atoms with van der Waals surface area (Å²) in [7, 11) is 1.61. The van der Waals surface area contributed by atoms with Crippen LogP contribution in [0.3, 0.4) is 0 Å². The van der Waals surface area contributed by atoms with Crippen LogP contribution in [0.15, 0.2) is 18.2 Å². The average molecular weight is 292 g/mol. The molecule has 21 heavy (non-hydrogen) atoms. The van der Waals surface area contributed by atoms with Crippen LogP contribution in [0.4, 0.5) is 0 Å². The van der Waals surface area contributed by atoms with E-state index >= 15 is 0 Å². The van der Waals surface area contributed by atoms with Gasteiger partial charge in [-0.15, -0.1) is 0 Å². The lowest BCUT2D eigenvalue weighted by Gasteiger charge is -2.28. The second-order valence-corrected chi connectivity index (χ2v) is 5.11. The monoisotopic (exact) mass is 292 g/mol. The molecule has 0 aliphatic carbocycles. The lowest BCUT2D eigenvalue weighted by atomic mass is 10.1. The molecule has 0 saturated carbocycles. The number of carbonyl (C=O) groups is 1. The third-order valence-electron chi connectivity index (χ3n) is 3.58. The summed E-state index contributed by atoms with van der Waals surface area (Å²) in [6, 6.07) is 5.40. The number of hydrogen-bond acceptors (Lipinski definition) is 4. The topological polar surface area (TPSA) is 50.8 Å². The number of piperazine rings is 1. The number of unbranched alkanes of at least 4 members (excludes halogenated alkanes) is 1. The highest BCUT2D eigenvalue weighted by atomic mass is 16.5. The van der Waals surface area contributed by atoms with Crippen molar-refractivity contribution in [3.8, 4) is 11.5 Å². The van der Waals surface area contributed by atoms with Crippen molar-refractivity contribution in [2.45, 2.75) is 19.8 Å². The Hall–Kier alpha value is -1.75. The summed E-state index contributed by atoms with van der Waals surface area (Å²) in [4.78, 5) is 14.5. The van der Waals surface area contributed by atoms with Gasteiger partial charge in [0.2, 0.25) is 0 Å². The van der Waals surface area contributed by atoms with Crippen LogP contribution < -0.4 is 14.8 Å². The van der Waals surface area contributed by atoms with Crippen LogP contribution in [0.5, 0.6) is 11.5 Å². The number of hydrogen-bond donors (Lipinski definition) is 1. The summed E-state index contributed by atoms with van der Waals surface area (Å²) < 4.78 is 11.0. The van der Waals surface area contributed by atoms with E-state index in [-0.39, 0.29) is 5.91 Å². The Bertz CT molecular complexity index is 471. The molecule has 116 valence electrons. The fourth-order valence-electron chi connectivity index (χ4n) is 2.29. The molecule has 2 rings (SSSR count). The van der Waals surface area contributed by atoms with E-state index in [1.807, 2.05) is 11.0 Å². The molecular formula is C16H24N2O3. The van der Waals surface area contributed by atoms with E-state index in [1.165, 1.54) is 0 Å². The fraction of sp³-hybridized carbons (Fsp3) is 0.562. The maximum atomic E-state index is 12.6. The Morgan fingerprint density at radius 3 is 2.76 bits per heavy atom. The Morgan fingerprint density at radius 2 is 2.10 bits per heavy atom. The van der Waals surface area contributed by atoms with Crippen LogP contribution in [0, 0.1) is 0 Å². The molecule has 0 bridgehead atoms. The molecule has 0 spiro atoms. The Labute approximate surface area is 126 Å². The quantitative estimate of drug-likeness (QED) is 0.814. The lowest BCUT2D eigenvalue weighted by Crippen LogP contribution is -2.46. The van der Waals surface area contributed by atoms with Gasteiger partial charge in [0.1, 0.15) is 11.5 Å². The van der Waals surface area contributed by atoms with Crippen molar-refractivity contribution in [1.82, 2.24) is 10.2 Å². The zero-order valence-electron chi connectivity index (χ0n) is 12.9. The molecule has 1 heterocycles. The maximum absolute atomic E-state index is 12.6. The molecule has 5 heteroatoms. The van der Waals surface area contributed by atoms with Gasteiger partial charge in [-0.05, 0) is 18.6 Å². The van der Waals surface area contributed by atoms with Gasteiger partial charge in [-0.3, -0.25) is 4.79 Å². The minimum atomic E-state index is 0.0330. The second-order valence-electron chi connectivity index (χ2n) is 5.11. The SMILES string of the molecule is CCCCOc1cc(OC)ccc1C(=O)N1CCNCC1. The maximum Gasteiger partial charge on any atom is 0.257 e. The Kier molecular flexibility index (Phi) is 5.87. The van der Waals surface area contributed by atoms with Crippen molar-refractivity contribution in [3.63, 3.8) is 0 Å². The summed E-state index contributed by atoms with van der Waals surface area (Å²) >= 11 is 0. The standard InChI is InChI=1S/C16H24N2O3/c1-3-4-11-21-15-12-13(20-2)5-6-14(15)16(19)18-9-7-17-8-10-18/h5-6,12,17H,3-4,7-11H2,1-2H3. The number of benzene rings is 1. The van der Waals surface area contributed by atoms with Crippen molar-refractivity contribution in [2.24, 2.45) is 0 Å². The van der Waals surface area contributed by atoms with E-state index in [4.69, 9.17) is 9.47 Å². The molecule has 1 saturated heterocycles. The molecule has 1 fully saturated rings. The molecular weight excluding hydrogens is 268 g/mol. The third kappa shape index (κ3) is 4.11. The number of methoxy groups -OCH3 is 1. The number of rotatable bonds is 6. The number of nitrogens with one attached hydrogen (secondary N) is 1. The molecule has 1 aromatic carbocycles. The Balaban J connectivity index is 2.17. The van der Waals surface area contributed by atoms with E-state index in [9.17, 15) is 4.79 Å². The number of nitrogens with zero attached hydrogens (tertiary/aromatic N) is 1. The minimum Gasteiger partial charge on any atom is -0.497 e. The molecule has 1 amide bonds. The summed E-state index contributed by atoms with van der Waals surface area (Å²) in [6.07, 6.45) is 2.03. The van der Waals surface area contributed by atoms with E-state index < -0.39 is 0 Å². The van der Waals surface area contributed by atoms with E-state index in [0.717, 1.165) is 39.0 Å². The predicted octanol–water partition coefficient (Wildman–Crippen LogP) is 1.92. The Morgan fingerprint density at radius 1 is 1.33 bits per heavy atom. The van der Waals surface area contributed by atoms with Crippen LogP contribution in [-0.4, -0.2) is 50.7 Å². The summed E-state index contributed by atoms with van der Waals surface area (Å²) in [5.41, 5.74) is 0.619. The number of ether oxygens (including phenoxy) is 2. The first kappa shape index (κ1) is 15.6. The third-order valence-corrected chi connectivity index (χ3v) is 3.58. The molecule has 0 aromatic heterocycles. The highest BCUT2D eigenvalue weighted by Crippen LogP contribution is 2.26. The van der Waals surface area contributed by atoms with Gasteiger partial charge in [0.15, 0.2) is 0 Å². The number of amides is 1. The van der Waals surface area contributed by atoms with Gasteiger partial charge < -0.3 is 19.7 Å². The normalized spacial score (nSPS) is 14.9. The van der Waals surface area contributed by atoms with Crippen molar-refractivity contribution < 1.29 is 14.3 Å². The summed E-state index contributed by atoms with van der Waals surface area (Å²) in [5.74, 6) is 1.36. The van der Waals surface area contributed by atoms with Gasteiger partial charge in [0, 0.05) is 32.2 Å². The molecule has 0 unspecified atom stereocenters. The average Bonchev–Trinajstić information content (AvgIpc) is 2.55. The largest absolute Gasteiger partial charge is 0.497 e. The van der Waals surface area contributed by atoms with Crippen molar-refractivity contribution in [1.29, 1.82) is 0 Å². The van der Waals surface area contributed by atoms with Gasteiger partial charge in [-0.25, -0.2) is 0 Å². The highest BCUT2D eigenvalue weighted by Gasteiger charge is 2.21. The van der Waals surface area contributed by atoms with E-state index in [0.29, 0.717) is 23.7 Å². The van der Waals surface area contributed by atoms with Gasteiger partial charge in [-0.1, -0.05) is 13.3 Å². The smallest absolute Gasteiger partial charge is 0.257 e. The van der Waals surface area contributed by atoms with Crippen molar-refractivity contribution in [2.75, 3.05) is 39.9 Å². The molecule has 0 radical (unpaired) electrons. The van der Waals surface area contributed by atoms with Gasteiger partial charge >= 0.3 is 0 Å². The second kappa shape index (κ2) is 7.88. The predicted molar refractivity (Wildman–Crippen MR) is 82.2 cm³/mol. The molecule has 5 nitrogen and oxygen atoms in total. The van der Waals surface area contributed by atoms with Gasteiger partial charge in [-0.2, -0.15) is 0 Å². The molecule has 1 aromatic rings. The van der Waals surface area contributed by atoms with Crippen LogP contribution in [-0.2, 0) is 0 Å². The lowest BCUT2D eigenvalue weighted by molar-refractivity contribution is 0.0731.